The monoisotopic (exact) mass is 388 g/mol. The number of carbonyl (C=O) groups is 1. The molecule has 0 radical (unpaired) electrons. The van der Waals surface area contributed by atoms with Crippen molar-refractivity contribution in [3.8, 4) is 28.3 Å². The number of pyridine rings is 1. The molecule has 2 heterocycles. The van der Waals surface area contributed by atoms with Crippen molar-refractivity contribution in [1.82, 2.24) is 15.2 Å². The predicted molar refractivity (Wildman–Crippen MR) is 108 cm³/mol. The Balaban J connectivity index is 1.51. The molecule has 0 spiro atoms. The summed E-state index contributed by atoms with van der Waals surface area (Å²) in [7, 11) is 0. The van der Waals surface area contributed by atoms with Crippen molar-refractivity contribution in [2.45, 2.75) is 6.92 Å². The fourth-order valence-corrected chi connectivity index (χ4v) is 2.86. The molecule has 7 heteroatoms. The first-order valence-electron chi connectivity index (χ1n) is 8.88. The number of aromatic hydroxyl groups is 1. The highest BCUT2D eigenvalue weighted by Gasteiger charge is 2.11. The first-order valence-corrected chi connectivity index (χ1v) is 8.88. The van der Waals surface area contributed by atoms with Crippen LogP contribution < -0.4 is 5.32 Å². The molecular formula is C22H17FN4O2. The van der Waals surface area contributed by atoms with Crippen molar-refractivity contribution >= 4 is 11.6 Å². The van der Waals surface area contributed by atoms with E-state index in [0.717, 1.165) is 11.3 Å². The highest BCUT2D eigenvalue weighted by Crippen LogP contribution is 2.31. The highest BCUT2D eigenvalue weighted by atomic mass is 19.1. The maximum absolute atomic E-state index is 13.5. The predicted octanol–water partition coefficient (Wildman–Crippen LogP) is 4.54. The van der Waals surface area contributed by atoms with Crippen molar-refractivity contribution in [2.24, 2.45) is 0 Å². The second kappa shape index (κ2) is 7.55. The summed E-state index contributed by atoms with van der Waals surface area (Å²) in [6.45, 7) is 1.86. The number of halogens is 1. The van der Waals surface area contributed by atoms with Crippen molar-refractivity contribution in [3.05, 3.63) is 83.9 Å². The zero-order valence-electron chi connectivity index (χ0n) is 15.5. The number of phenols is 1. The number of amides is 1. The van der Waals surface area contributed by atoms with Crippen LogP contribution in [0.1, 0.15) is 16.1 Å². The SMILES string of the molecule is Cc1ccc(C(=O)Nc2ccc(-c3cc(-c4cc(F)ccc4O)n[nH]3)cc2)cn1. The van der Waals surface area contributed by atoms with Crippen LogP contribution in [0.5, 0.6) is 5.75 Å². The molecule has 0 aliphatic heterocycles. The third-order valence-corrected chi connectivity index (χ3v) is 4.44. The topological polar surface area (TPSA) is 90.9 Å². The van der Waals surface area contributed by atoms with Crippen LogP contribution >= 0.6 is 0 Å². The van der Waals surface area contributed by atoms with E-state index in [1.165, 1.54) is 24.4 Å². The number of phenolic OH excluding ortho intramolecular Hbond substituents is 1. The lowest BCUT2D eigenvalue weighted by Crippen LogP contribution is -2.12. The van der Waals surface area contributed by atoms with E-state index in [-0.39, 0.29) is 11.7 Å². The summed E-state index contributed by atoms with van der Waals surface area (Å²) in [5, 5.41) is 19.8. The number of H-pyrrole nitrogens is 1. The Hall–Kier alpha value is -4.00. The fraction of sp³-hybridized carbons (Fsp3) is 0.0455. The summed E-state index contributed by atoms with van der Waals surface area (Å²) in [6.07, 6.45) is 1.53. The van der Waals surface area contributed by atoms with Gasteiger partial charge in [-0.1, -0.05) is 12.1 Å². The van der Waals surface area contributed by atoms with Crippen LogP contribution in [0.3, 0.4) is 0 Å². The Morgan fingerprint density at radius 3 is 2.59 bits per heavy atom. The molecule has 3 N–H and O–H groups in total. The summed E-state index contributed by atoms with van der Waals surface area (Å²) in [4.78, 5) is 16.4. The first-order chi connectivity index (χ1) is 14.0. The van der Waals surface area contributed by atoms with Crippen molar-refractivity contribution in [1.29, 1.82) is 0 Å². The lowest BCUT2D eigenvalue weighted by molar-refractivity contribution is 0.102. The lowest BCUT2D eigenvalue weighted by Gasteiger charge is -2.06. The smallest absolute Gasteiger partial charge is 0.257 e. The molecule has 2 aromatic carbocycles. The second-order valence-corrected chi connectivity index (χ2v) is 6.55. The van der Waals surface area contributed by atoms with Gasteiger partial charge in [0.15, 0.2) is 0 Å². The average molecular weight is 388 g/mol. The summed E-state index contributed by atoms with van der Waals surface area (Å²) in [5.74, 6) is -0.741. The van der Waals surface area contributed by atoms with Gasteiger partial charge in [0.05, 0.1) is 17.0 Å². The number of hydrogen-bond donors (Lipinski definition) is 3. The molecule has 0 bridgehead atoms. The first kappa shape index (κ1) is 18.4. The number of carbonyl (C=O) groups excluding carboxylic acids is 1. The maximum Gasteiger partial charge on any atom is 0.257 e. The van der Waals surface area contributed by atoms with E-state index in [9.17, 15) is 14.3 Å². The van der Waals surface area contributed by atoms with Crippen LogP contribution in [-0.4, -0.2) is 26.2 Å². The number of aryl methyl sites for hydroxylation is 1. The van der Waals surface area contributed by atoms with E-state index in [1.54, 1.807) is 30.3 Å². The Bertz CT molecular complexity index is 1170. The lowest BCUT2D eigenvalue weighted by atomic mass is 10.1. The van der Waals surface area contributed by atoms with Gasteiger partial charge in [-0.2, -0.15) is 5.10 Å². The van der Waals surface area contributed by atoms with E-state index < -0.39 is 5.82 Å². The van der Waals surface area contributed by atoms with E-state index in [1.807, 2.05) is 19.1 Å². The molecule has 1 amide bonds. The van der Waals surface area contributed by atoms with Gasteiger partial charge in [-0.15, -0.1) is 0 Å². The highest BCUT2D eigenvalue weighted by molar-refractivity contribution is 6.04. The van der Waals surface area contributed by atoms with Gasteiger partial charge < -0.3 is 10.4 Å². The largest absolute Gasteiger partial charge is 0.507 e. The molecule has 6 nitrogen and oxygen atoms in total. The maximum atomic E-state index is 13.5. The Morgan fingerprint density at radius 2 is 1.86 bits per heavy atom. The molecule has 0 fully saturated rings. The number of anilines is 1. The molecule has 0 aliphatic carbocycles. The third kappa shape index (κ3) is 3.98. The summed E-state index contributed by atoms with van der Waals surface area (Å²) in [5.41, 5.74) is 4.23. The minimum absolute atomic E-state index is 0.0481. The molecule has 0 saturated heterocycles. The second-order valence-electron chi connectivity index (χ2n) is 6.55. The third-order valence-electron chi connectivity index (χ3n) is 4.44. The van der Waals surface area contributed by atoms with Crippen LogP contribution in [0.2, 0.25) is 0 Å². The number of benzene rings is 2. The zero-order chi connectivity index (χ0) is 20.4. The van der Waals surface area contributed by atoms with E-state index in [0.29, 0.717) is 28.2 Å². The minimum Gasteiger partial charge on any atom is -0.507 e. The number of aromatic amines is 1. The fourth-order valence-electron chi connectivity index (χ4n) is 2.86. The van der Waals surface area contributed by atoms with Crippen LogP contribution in [0.4, 0.5) is 10.1 Å². The van der Waals surface area contributed by atoms with Crippen LogP contribution in [0.15, 0.2) is 66.9 Å². The quantitative estimate of drug-likeness (QED) is 0.479. The van der Waals surface area contributed by atoms with Gasteiger partial charge in [-0.3, -0.25) is 14.9 Å². The molecular weight excluding hydrogens is 371 g/mol. The minimum atomic E-state index is -0.453. The van der Waals surface area contributed by atoms with Gasteiger partial charge >= 0.3 is 0 Å². The average Bonchev–Trinajstić information content (AvgIpc) is 3.21. The van der Waals surface area contributed by atoms with Gasteiger partial charge in [-0.25, -0.2) is 4.39 Å². The van der Waals surface area contributed by atoms with E-state index >= 15 is 0 Å². The van der Waals surface area contributed by atoms with Crippen LogP contribution in [-0.2, 0) is 0 Å². The van der Waals surface area contributed by atoms with Crippen molar-refractivity contribution < 1.29 is 14.3 Å². The number of nitrogens with zero attached hydrogens (tertiary/aromatic N) is 2. The normalized spacial score (nSPS) is 10.7. The van der Waals surface area contributed by atoms with Gasteiger partial charge in [0.2, 0.25) is 0 Å². The number of rotatable bonds is 4. The summed E-state index contributed by atoms with van der Waals surface area (Å²) < 4.78 is 13.5. The Labute approximate surface area is 166 Å². The molecule has 29 heavy (non-hydrogen) atoms. The molecule has 0 saturated carbocycles. The van der Waals surface area contributed by atoms with Gasteiger partial charge in [-0.05, 0) is 61.0 Å². The zero-order valence-corrected chi connectivity index (χ0v) is 15.5. The molecule has 4 rings (SSSR count). The number of hydrogen-bond acceptors (Lipinski definition) is 4. The van der Waals surface area contributed by atoms with Crippen LogP contribution in [0.25, 0.3) is 22.5 Å². The summed E-state index contributed by atoms with van der Waals surface area (Å²) in [6, 6.07) is 16.1. The molecule has 0 aliphatic rings. The molecule has 0 unspecified atom stereocenters. The Kier molecular flexibility index (Phi) is 4.78. The van der Waals surface area contributed by atoms with E-state index in [2.05, 4.69) is 20.5 Å². The number of nitrogens with one attached hydrogen (secondary N) is 2. The van der Waals surface area contributed by atoms with Crippen molar-refractivity contribution in [3.63, 3.8) is 0 Å². The van der Waals surface area contributed by atoms with Gasteiger partial charge in [0.1, 0.15) is 11.6 Å². The summed E-state index contributed by atoms with van der Waals surface area (Å²) >= 11 is 0. The van der Waals surface area contributed by atoms with Crippen molar-refractivity contribution in [2.75, 3.05) is 5.32 Å². The number of aromatic nitrogens is 3. The van der Waals surface area contributed by atoms with Crippen LogP contribution in [0, 0.1) is 12.7 Å². The molecule has 0 atom stereocenters. The van der Waals surface area contributed by atoms with Gasteiger partial charge in [0.25, 0.3) is 5.91 Å². The van der Waals surface area contributed by atoms with Gasteiger partial charge in [0, 0.05) is 23.1 Å². The Morgan fingerprint density at radius 1 is 1.07 bits per heavy atom. The standard InChI is InChI=1S/C22H17FN4O2/c1-13-2-3-15(12-24-13)22(29)25-17-7-4-14(5-8-17)19-11-20(27-26-19)18-10-16(23)6-9-21(18)28/h2-12,28H,1H3,(H,25,29)(H,26,27). The van der Waals surface area contributed by atoms with E-state index in [4.69, 9.17) is 0 Å². The molecule has 2 aromatic heterocycles. The molecule has 144 valence electrons. The molecule has 4 aromatic rings.